The highest BCUT2D eigenvalue weighted by atomic mass is 16.6. The lowest BCUT2D eigenvalue weighted by Gasteiger charge is -2.32. The minimum absolute atomic E-state index is 0.00499. The summed E-state index contributed by atoms with van der Waals surface area (Å²) in [5, 5.41) is 0. The van der Waals surface area contributed by atoms with Crippen LogP contribution in [0.1, 0.15) is 176 Å². The van der Waals surface area contributed by atoms with E-state index in [1.165, 1.54) is 12.1 Å². The molecule has 0 unspecified atom stereocenters. The van der Waals surface area contributed by atoms with E-state index in [-0.39, 0.29) is 117 Å². The summed E-state index contributed by atoms with van der Waals surface area (Å²) < 4.78 is 34.4. The molecule has 5 atom stereocenters. The standard InChI is InChI=1S/C55H89N3O12/c1-36(2)24-41(33-56)28-52(62)65-21-13-10-16-49(59)68-44-31-47(69-50(60)17-11-14-22-66-53(63)29-42(34-57)25-37(3)4)55(46-27-40(9)19-20-45(46)39(7)8)48(32-44)70-51(61)18-12-15-23-67-54(64)30-43(35-58)26-38(5)6/h27,31-32,36-38,41-43,45-46H,7,10-26,28-30,33-35,56-58H2,1-6,8-9H3/t41-,42-,43-,45-,46+/m0/s1. The molecule has 1 aliphatic carbocycles. The molecule has 1 aromatic rings. The number of benzene rings is 1. The molecule has 6 N–H and O–H groups in total. The minimum atomic E-state index is -0.588. The molecule has 0 saturated heterocycles. The third kappa shape index (κ3) is 25.5. The van der Waals surface area contributed by atoms with Gasteiger partial charge in [-0.15, -0.1) is 0 Å². The molecular formula is C55H89N3O12. The Morgan fingerprint density at radius 1 is 0.571 bits per heavy atom. The third-order valence-electron chi connectivity index (χ3n) is 12.4. The third-order valence-corrected chi connectivity index (χ3v) is 12.4. The van der Waals surface area contributed by atoms with Gasteiger partial charge in [-0.1, -0.05) is 65.3 Å². The van der Waals surface area contributed by atoms with Crippen LogP contribution in [0, 0.1) is 41.4 Å². The lowest BCUT2D eigenvalue weighted by molar-refractivity contribution is -0.146. The molecule has 2 rings (SSSR count). The first-order valence-electron chi connectivity index (χ1n) is 25.9. The van der Waals surface area contributed by atoms with Crippen LogP contribution in [0.4, 0.5) is 0 Å². The first-order valence-corrected chi connectivity index (χ1v) is 25.9. The van der Waals surface area contributed by atoms with E-state index in [1.54, 1.807) is 0 Å². The van der Waals surface area contributed by atoms with Crippen LogP contribution in [0.5, 0.6) is 17.2 Å². The first kappa shape index (κ1) is 61.5. The molecule has 0 radical (unpaired) electrons. The van der Waals surface area contributed by atoms with Crippen molar-refractivity contribution in [2.75, 3.05) is 39.5 Å². The van der Waals surface area contributed by atoms with Gasteiger partial charge >= 0.3 is 35.8 Å². The monoisotopic (exact) mass is 984 g/mol. The second-order valence-corrected chi connectivity index (χ2v) is 20.6. The van der Waals surface area contributed by atoms with Crippen molar-refractivity contribution in [1.82, 2.24) is 0 Å². The molecule has 0 heterocycles. The zero-order valence-corrected chi connectivity index (χ0v) is 44.0. The summed E-state index contributed by atoms with van der Waals surface area (Å²) in [6.07, 6.45) is 9.18. The largest absolute Gasteiger partial charge is 0.466 e. The summed E-state index contributed by atoms with van der Waals surface area (Å²) in [6.45, 7) is 22.3. The normalized spacial score (nSPS) is 16.0. The van der Waals surface area contributed by atoms with Crippen LogP contribution in [-0.4, -0.2) is 75.3 Å². The molecule has 15 nitrogen and oxygen atoms in total. The predicted molar refractivity (Wildman–Crippen MR) is 272 cm³/mol. The summed E-state index contributed by atoms with van der Waals surface area (Å²) >= 11 is 0. The van der Waals surface area contributed by atoms with Crippen LogP contribution < -0.4 is 31.4 Å². The van der Waals surface area contributed by atoms with Crippen molar-refractivity contribution in [2.45, 2.75) is 170 Å². The number of allylic oxidation sites excluding steroid dienone is 3. The van der Waals surface area contributed by atoms with Crippen LogP contribution in [0.2, 0.25) is 0 Å². The number of nitrogens with two attached hydrogens (primary N) is 3. The van der Waals surface area contributed by atoms with Gasteiger partial charge in [0.2, 0.25) is 0 Å². The van der Waals surface area contributed by atoms with Gasteiger partial charge in [-0.25, -0.2) is 0 Å². The second kappa shape index (κ2) is 33.9. The molecule has 0 aliphatic heterocycles. The summed E-state index contributed by atoms with van der Waals surface area (Å²) in [5.41, 5.74) is 20.0. The first-order chi connectivity index (χ1) is 33.2. The Hall–Kier alpha value is -4.60. The highest BCUT2D eigenvalue weighted by Crippen LogP contribution is 2.48. The van der Waals surface area contributed by atoms with Crippen LogP contribution >= 0.6 is 0 Å². The number of ether oxygens (including phenoxy) is 6. The van der Waals surface area contributed by atoms with E-state index in [0.29, 0.717) is 81.5 Å². The molecule has 70 heavy (non-hydrogen) atoms. The molecule has 0 bridgehead atoms. The smallest absolute Gasteiger partial charge is 0.311 e. The molecule has 1 aliphatic rings. The molecule has 0 spiro atoms. The van der Waals surface area contributed by atoms with E-state index >= 15 is 0 Å². The van der Waals surface area contributed by atoms with E-state index in [9.17, 15) is 28.8 Å². The molecule has 0 aromatic heterocycles. The Morgan fingerprint density at radius 2 is 0.929 bits per heavy atom. The van der Waals surface area contributed by atoms with Crippen molar-refractivity contribution in [1.29, 1.82) is 0 Å². The summed E-state index contributed by atoms with van der Waals surface area (Å²) in [5.74, 6) is -1.72. The fraction of sp³-hybridized carbons (Fsp3) is 0.709. The molecule has 0 saturated carbocycles. The fourth-order valence-electron chi connectivity index (χ4n) is 8.91. The summed E-state index contributed by atoms with van der Waals surface area (Å²) in [7, 11) is 0. The van der Waals surface area contributed by atoms with Crippen LogP contribution in [0.25, 0.3) is 0 Å². The molecule has 1 aromatic carbocycles. The van der Waals surface area contributed by atoms with Gasteiger partial charge in [-0.05, 0) is 146 Å². The maximum atomic E-state index is 13.6. The molecular weight excluding hydrogens is 895 g/mol. The zero-order valence-electron chi connectivity index (χ0n) is 44.0. The van der Waals surface area contributed by atoms with Gasteiger partial charge in [0, 0.05) is 62.1 Å². The highest BCUT2D eigenvalue weighted by molar-refractivity contribution is 5.78. The van der Waals surface area contributed by atoms with Gasteiger partial charge in [0.25, 0.3) is 0 Å². The van der Waals surface area contributed by atoms with Crippen molar-refractivity contribution in [3.63, 3.8) is 0 Å². The van der Waals surface area contributed by atoms with Gasteiger partial charge < -0.3 is 45.6 Å². The molecule has 0 fully saturated rings. The minimum Gasteiger partial charge on any atom is -0.466 e. The molecule has 15 heteroatoms. The Bertz CT molecular complexity index is 1760. The highest BCUT2D eigenvalue weighted by Gasteiger charge is 2.33. The Labute approximate surface area is 419 Å². The van der Waals surface area contributed by atoms with E-state index < -0.39 is 23.8 Å². The van der Waals surface area contributed by atoms with E-state index in [2.05, 4.69) is 54.2 Å². The van der Waals surface area contributed by atoms with Gasteiger partial charge in [0.1, 0.15) is 17.2 Å². The van der Waals surface area contributed by atoms with Crippen molar-refractivity contribution >= 4 is 35.8 Å². The topological polar surface area (TPSA) is 236 Å². The number of unbranched alkanes of at least 4 members (excludes halogenated alkanes) is 3. The lowest BCUT2D eigenvalue weighted by atomic mass is 9.74. The Morgan fingerprint density at radius 3 is 1.26 bits per heavy atom. The number of carbonyl (C=O) groups is 6. The van der Waals surface area contributed by atoms with E-state index in [0.717, 1.165) is 43.3 Å². The van der Waals surface area contributed by atoms with E-state index in [4.69, 9.17) is 45.6 Å². The Kier molecular flexibility index (Phi) is 29.8. The number of esters is 6. The molecule has 396 valence electrons. The fourth-order valence-corrected chi connectivity index (χ4v) is 8.91. The van der Waals surface area contributed by atoms with Gasteiger partial charge in [-0.2, -0.15) is 0 Å². The van der Waals surface area contributed by atoms with Crippen LogP contribution in [0.15, 0.2) is 35.9 Å². The average molecular weight is 984 g/mol. The van der Waals surface area contributed by atoms with E-state index in [1.807, 2.05) is 13.8 Å². The van der Waals surface area contributed by atoms with Crippen molar-refractivity contribution in [3.8, 4) is 17.2 Å². The van der Waals surface area contributed by atoms with Gasteiger partial charge in [-0.3, -0.25) is 28.8 Å². The predicted octanol–water partition coefficient (Wildman–Crippen LogP) is 9.59. The number of carbonyl (C=O) groups excluding carboxylic acids is 6. The maximum Gasteiger partial charge on any atom is 0.311 e. The maximum absolute atomic E-state index is 13.6. The summed E-state index contributed by atoms with van der Waals surface area (Å²) in [4.78, 5) is 78.0. The lowest BCUT2D eigenvalue weighted by Crippen LogP contribution is -2.22. The quantitative estimate of drug-likeness (QED) is 0.0189. The zero-order chi connectivity index (χ0) is 52.2. The summed E-state index contributed by atoms with van der Waals surface area (Å²) in [6, 6.07) is 2.94. The molecule has 0 amide bonds. The number of hydrogen-bond acceptors (Lipinski definition) is 15. The van der Waals surface area contributed by atoms with Crippen molar-refractivity contribution in [2.24, 2.45) is 58.6 Å². The van der Waals surface area contributed by atoms with Crippen molar-refractivity contribution in [3.05, 3.63) is 41.5 Å². The Balaban J connectivity index is 2.32. The van der Waals surface area contributed by atoms with Gasteiger partial charge in [0.15, 0.2) is 0 Å². The number of hydrogen-bond donors (Lipinski definition) is 3. The second-order valence-electron chi connectivity index (χ2n) is 20.6. The van der Waals surface area contributed by atoms with Crippen LogP contribution in [0.3, 0.4) is 0 Å². The van der Waals surface area contributed by atoms with Crippen LogP contribution in [-0.2, 0) is 43.0 Å². The average Bonchev–Trinajstić information content (AvgIpc) is 3.27. The number of rotatable bonds is 35. The van der Waals surface area contributed by atoms with Crippen molar-refractivity contribution < 1.29 is 57.2 Å². The SMILES string of the molecule is C=C(C)[C@@H]1CCC(C)=C[C@H]1c1c(OC(=O)CCCCOC(=O)C[C@@H](CN)CC(C)C)cc(OC(=O)CCCCOC(=O)C[C@@H](CN)CC(C)C)cc1OC(=O)CCCCOC(=O)C[C@@H](CN)CC(C)C. The van der Waals surface area contributed by atoms with Gasteiger partial charge in [0.05, 0.1) is 19.8 Å².